The maximum Gasteiger partial charge on any atom is 0.294 e. The highest BCUT2D eigenvalue weighted by Crippen LogP contribution is 2.33. The van der Waals surface area contributed by atoms with E-state index in [4.69, 9.17) is 0 Å². The normalized spacial score (nSPS) is 15.2. The molecular formula is C21H20BrN3O3S. The van der Waals surface area contributed by atoms with Crippen molar-refractivity contribution in [2.24, 2.45) is 0 Å². The van der Waals surface area contributed by atoms with Crippen LogP contribution in [-0.2, 0) is 9.59 Å². The zero-order valence-electron chi connectivity index (χ0n) is 16.2. The molecule has 0 bridgehead atoms. The van der Waals surface area contributed by atoms with Gasteiger partial charge in [-0.15, -0.1) is 0 Å². The molecule has 0 aliphatic carbocycles. The molecule has 1 N–H and O–H groups in total. The Hall–Kier alpha value is -2.58. The predicted octanol–water partition coefficient (Wildman–Crippen LogP) is 4.50. The van der Waals surface area contributed by atoms with Crippen LogP contribution in [0.5, 0.6) is 0 Å². The summed E-state index contributed by atoms with van der Waals surface area (Å²) in [6.45, 7) is 1.63. The van der Waals surface area contributed by atoms with Crippen LogP contribution in [0.2, 0.25) is 0 Å². The smallest absolute Gasteiger partial charge is 0.294 e. The van der Waals surface area contributed by atoms with Crippen LogP contribution in [0.3, 0.4) is 0 Å². The van der Waals surface area contributed by atoms with Gasteiger partial charge in [0.05, 0.1) is 10.6 Å². The number of nitrogens with zero attached hydrogens (tertiary/aromatic N) is 2. The van der Waals surface area contributed by atoms with Gasteiger partial charge in [0.2, 0.25) is 5.91 Å². The van der Waals surface area contributed by atoms with Crippen molar-refractivity contribution in [3.05, 3.63) is 63.0 Å². The fourth-order valence-electron chi connectivity index (χ4n) is 2.74. The van der Waals surface area contributed by atoms with Gasteiger partial charge in [0.15, 0.2) is 0 Å². The van der Waals surface area contributed by atoms with Crippen LogP contribution >= 0.6 is 27.7 Å². The van der Waals surface area contributed by atoms with E-state index in [2.05, 4.69) is 21.2 Å². The number of halogens is 1. The molecule has 6 nitrogen and oxygen atoms in total. The maximum atomic E-state index is 12.6. The number of carbonyl (C=O) groups excluding carboxylic acids is 3. The lowest BCUT2D eigenvalue weighted by Crippen LogP contribution is -2.36. The van der Waals surface area contributed by atoms with Gasteiger partial charge in [-0.25, -0.2) is 0 Å². The molecule has 1 heterocycles. The molecule has 0 unspecified atom stereocenters. The zero-order valence-corrected chi connectivity index (χ0v) is 18.6. The third-order valence-electron chi connectivity index (χ3n) is 4.26. The molecule has 8 heteroatoms. The molecule has 1 aliphatic heterocycles. The summed E-state index contributed by atoms with van der Waals surface area (Å²) in [5.41, 5.74) is 3.48. The number of imide groups is 1. The summed E-state index contributed by atoms with van der Waals surface area (Å²) in [6, 6.07) is 13.0. The van der Waals surface area contributed by atoms with Crippen LogP contribution in [0.15, 0.2) is 51.8 Å². The Bertz CT molecular complexity index is 1000. The summed E-state index contributed by atoms with van der Waals surface area (Å²) < 4.78 is 0.882. The zero-order chi connectivity index (χ0) is 21.1. The lowest BCUT2D eigenvalue weighted by Gasteiger charge is -2.14. The van der Waals surface area contributed by atoms with Gasteiger partial charge < -0.3 is 10.2 Å². The van der Waals surface area contributed by atoms with E-state index in [1.165, 1.54) is 0 Å². The first-order valence-electron chi connectivity index (χ1n) is 8.83. The van der Waals surface area contributed by atoms with Crippen LogP contribution in [0.1, 0.15) is 11.1 Å². The molecule has 2 aromatic carbocycles. The SMILES string of the molecule is Cc1ccc(NC(=O)CN2C(=O)S/C(=C/c3ccc(N(C)C)c(Br)c3)C2=O)cc1. The van der Waals surface area contributed by atoms with Gasteiger partial charge in [0, 0.05) is 24.3 Å². The fraction of sp³-hybridized carbons (Fsp3) is 0.190. The molecule has 0 spiro atoms. The number of nitrogens with one attached hydrogen (secondary N) is 1. The summed E-state index contributed by atoms with van der Waals surface area (Å²) >= 11 is 4.35. The topological polar surface area (TPSA) is 69.7 Å². The van der Waals surface area contributed by atoms with Gasteiger partial charge in [-0.2, -0.15) is 0 Å². The van der Waals surface area contributed by atoms with E-state index in [0.29, 0.717) is 10.6 Å². The van der Waals surface area contributed by atoms with E-state index in [-0.39, 0.29) is 6.54 Å². The van der Waals surface area contributed by atoms with Gasteiger partial charge in [0.25, 0.3) is 11.1 Å². The summed E-state index contributed by atoms with van der Waals surface area (Å²) in [4.78, 5) is 40.4. The first-order valence-corrected chi connectivity index (χ1v) is 10.4. The van der Waals surface area contributed by atoms with Gasteiger partial charge in [-0.1, -0.05) is 23.8 Å². The first kappa shape index (κ1) is 21.1. The molecule has 0 aromatic heterocycles. The third-order valence-corrected chi connectivity index (χ3v) is 5.80. The summed E-state index contributed by atoms with van der Waals surface area (Å²) in [7, 11) is 3.87. The van der Waals surface area contributed by atoms with Crippen molar-refractivity contribution in [3.8, 4) is 0 Å². The van der Waals surface area contributed by atoms with E-state index >= 15 is 0 Å². The number of anilines is 2. The molecule has 0 radical (unpaired) electrons. The highest BCUT2D eigenvalue weighted by molar-refractivity contribution is 9.10. The van der Waals surface area contributed by atoms with E-state index in [1.807, 2.05) is 56.3 Å². The predicted molar refractivity (Wildman–Crippen MR) is 121 cm³/mol. The summed E-state index contributed by atoms with van der Waals surface area (Å²) in [5, 5.41) is 2.25. The number of benzene rings is 2. The van der Waals surface area contributed by atoms with Crippen LogP contribution in [-0.4, -0.2) is 42.6 Å². The monoisotopic (exact) mass is 473 g/mol. The second kappa shape index (κ2) is 8.84. The van der Waals surface area contributed by atoms with Gasteiger partial charge >= 0.3 is 0 Å². The molecule has 0 saturated carbocycles. The number of hydrogen-bond acceptors (Lipinski definition) is 5. The van der Waals surface area contributed by atoms with Crippen molar-refractivity contribution in [1.82, 2.24) is 4.90 Å². The van der Waals surface area contributed by atoms with Crippen molar-refractivity contribution in [2.45, 2.75) is 6.92 Å². The van der Waals surface area contributed by atoms with Crippen LogP contribution in [0, 0.1) is 6.92 Å². The average Bonchev–Trinajstić information content (AvgIpc) is 2.91. The number of rotatable bonds is 5. The molecule has 0 atom stereocenters. The third kappa shape index (κ3) is 5.07. The van der Waals surface area contributed by atoms with Crippen LogP contribution in [0.4, 0.5) is 16.2 Å². The highest BCUT2D eigenvalue weighted by atomic mass is 79.9. The fourth-order valence-corrected chi connectivity index (χ4v) is 4.33. The minimum atomic E-state index is -0.466. The van der Waals surface area contributed by atoms with E-state index < -0.39 is 17.1 Å². The molecule has 2 aromatic rings. The number of thioether (sulfide) groups is 1. The Balaban J connectivity index is 1.70. The molecule has 29 heavy (non-hydrogen) atoms. The molecule has 1 aliphatic rings. The lowest BCUT2D eigenvalue weighted by atomic mass is 10.2. The van der Waals surface area contributed by atoms with Gasteiger partial charge in [-0.3, -0.25) is 19.3 Å². The average molecular weight is 474 g/mol. The number of aryl methyl sites for hydroxylation is 1. The Kier molecular flexibility index (Phi) is 6.44. The van der Waals surface area contributed by atoms with Crippen molar-refractivity contribution >= 4 is 62.2 Å². The molecule has 1 saturated heterocycles. The minimum absolute atomic E-state index is 0.294. The molecule has 3 amide bonds. The second-order valence-corrected chi connectivity index (χ2v) is 8.63. The Morgan fingerprint density at radius 2 is 1.86 bits per heavy atom. The molecule has 1 fully saturated rings. The highest BCUT2D eigenvalue weighted by Gasteiger charge is 2.36. The van der Waals surface area contributed by atoms with E-state index in [1.54, 1.807) is 18.2 Å². The van der Waals surface area contributed by atoms with Gasteiger partial charge in [-0.05, 0) is 70.5 Å². The van der Waals surface area contributed by atoms with Crippen molar-refractivity contribution in [1.29, 1.82) is 0 Å². The standard InChI is InChI=1S/C21H20BrN3O3S/c1-13-4-7-15(8-5-13)23-19(26)12-25-20(27)18(29-21(25)28)11-14-6-9-17(24(2)3)16(22)10-14/h4-11H,12H2,1-3H3,(H,23,26)/b18-11+. The molecule has 150 valence electrons. The summed E-state index contributed by atoms with van der Waals surface area (Å²) in [5.74, 6) is -0.887. The second-order valence-electron chi connectivity index (χ2n) is 6.79. The first-order chi connectivity index (χ1) is 13.7. The van der Waals surface area contributed by atoms with E-state index in [9.17, 15) is 14.4 Å². The molecule has 3 rings (SSSR count). The van der Waals surface area contributed by atoms with Crippen molar-refractivity contribution in [2.75, 3.05) is 30.9 Å². The number of carbonyl (C=O) groups is 3. The van der Waals surface area contributed by atoms with Crippen molar-refractivity contribution < 1.29 is 14.4 Å². The van der Waals surface area contributed by atoms with Crippen LogP contribution in [0.25, 0.3) is 6.08 Å². The van der Waals surface area contributed by atoms with Gasteiger partial charge in [0.1, 0.15) is 6.54 Å². The quantitative estimate of drug-likeness (QED) is 0.647. The summed E-state index contributed by atoms with van der Waals surface area (Å²) in [6.07, 6.45) is 1.66. The molecular weight excluding hydrogens is 454 g/mol. The number of amides is 3. The van der Waals surface area contributed by atoms with E-state index in [0.717, 1.165) is 37.9 Å². The maximum absolute atomic E-state index is 12.6. The largest absolute Gasteiger partial charge is 0.377 e. The lowest BCUT2D eigenvalue weighted by molar-refractivity contribution is -0.127. The Morgan fingerprint density at radius 1 is 1.17 bits per heavy atom. The minimum Gasteiger partial charge on any atom is -0.377 e. The number of hydrogen-bond donors (Lipinski definition) is 1. The Labute approximate surface area is 182 Å². The Morgan fingerprint density at radius 3 is 2.48 bits per heavy atom. The van der Waals surface area contributed by atoms with Crippen molar-refractivity contribution in [3.63, 3.8) is 0 Å². The van der Waals surface area contributed by atoms with Crippen LogP contribution < -0.4 is 10.2 Å².